The average molecular weight is 313 g/mol. The van der Waals surface area contributed by atoms with Crippen LogP contribution in [0.15, 0.2) is 18.2 Å². The first-order chi connectivity index (χ1) is 9.56. The summed E-state index contributed by atoms with van der Waals surface area (Å²) < 4.78 is 11.8. The molecule has 112 valence electrons. The van der Waals surface area contributed by atoms with Crippen molar-refractivity contribution in [2.45, 2.75) is 59.1 Å². The highest BCUT2D eigenvalue weighted by Crippen LogP contribution is 2.51. The molecular formula is C15H24NO2PS. The average Bonchev–Trinajstić information content (AvgIpc) is 2.44. The van der Waals surface area contributed by atoms with Crippen LogP contribution in [0.5, 0.6) is 5.75 Å². The minimum Gasteiger partial charge on any atom is -0.432 e. The lowest BCUT2D eigenvalue weighted by molar-refractivity contribution is 0.263. The molecule has 0 fully saturated rings. The van der Waals surface area contributed by atoms with Gasteiger partial charge in [0.15, 0.2) is 0 Å². The Morgan fingerprint density at radius 2 is 2.20 bits per heavy atom. The van der Waals surface area contributed by atoms with E-state index in [0.717, 1.165) is 24.2 Å². The highest BCUT2D eigenvalue weighted by molar-refractivity contribution is 8.09. The second-order valence-corrected chi connectivity index (χ2v) is 8.48. The zero-order valence-electron chi connectivity index (χ0n) is 12.5. The molecule has 5 heteroatoms. The van der Waals surface area contributed by atoms with Crippen molar-refractivity contribution in [1.29, 1.82) is 0 Å². The second kappa shape index (κ2) is 7.04. The number of benzene rings is 1. The molecule has 0 saturated carbocycles. The number of rotatable bonds is 6. The molecule has 2 rings (SSSR count). The number of aryl methyl sites for hydroxylation is 1. The van der Waals surface area contributed by atoms with E-state index in [0.29, 0.717) is 12.6 Å². The summed E-state index contributed by atoms with van der Waals surface area (Å²) in [7, 11) is 0. The van der Waals surface area contributed by atoms with Crippen LogP contribution in [0.25, 0.3) is 0 Å². The molecule has 0 radical (unpaired) electrons. The molecule has 1 N–H and O–H groups in total. The van der Waals surface area contributed by atoms with Gasteiger partial charge in [0.2, 0.25) is 0 Å². The Kier molecular flexibility index (Phi) is 5.62. The van der Waals surface area contributed by atoms with E-state index in [1.807, 2.05) is 6.07 Å². The van der Waals surface area contributed by atoms with Gasteiger partial charge in [-0.05, 0) is 55.7 Å². The summed E-state index contributed by atoms with van der Waals surface area (Å²) in [6, 6.07) is 6.68. The lowest BCUT2D eigenvalue weighted by Gasteiger charge is -2.31. The van der Waals surface area contributed by atoms with E-state index >= 15 is 0 Å². The predicted molar refractivity (Wildman–Crippen MR) is 87.6 cm³/mol. The third kappa shape index (κ3) is 4.05. The molecule has 0 aliphatic carbocycles. The van der Waals surface area contributed by atoms with Crippen LogP contribution < -0.4 is 9.61 Å². The van der Waals surface area contributed by atoms with E-state index in [4.69, 9.17) is 20.9 Å². The van der Waals surface area contributed by atoms with Crippen molar-refractivity contribution in [3.63, 3.8) is 0 Å². The molecule has 1 aromatic carbocycles. The van der Waals surface area contributed by atoms with Crippen molar-refractivity contribution in [2.24, 2.45) is 0 Å². The van der Waals surface area contributed by atoms with Gasteiger partial charge in [-0.1, -0.05) is 26.3 Å². The number of fused-ring (bicyclic) bond motifs is 1. The maximum Gasteiger partial charge on any atom is 0.313 e. The molecule has 20 heavy (non-hydrogen) atoms. The molecule has 0 bridgehead atoms. The maximum absolute atomic E-state index is 5.94. The molecule has 0 saturated heterocycles. The normalized spacial score (nSPS) is 22.9. The van der Waals surface area contributed by atoms with Crippen LogP contribution >= 0.6 is 6.64 Å². The zero-order chi connectivity index (χ0) is 14.6. The van der Waals surface area contributed by atoms with Gasteiger partial charge < -0.3 is 9.05 Å². The van der Waals surface area contributed by atoms with Crippen LogP contribution in [0, 0.1) is 0 Å². The lowest BCUT2D eigenvalue weighted by atomic mass is 10.1. The van der Waals surface area contributed by atoms with Gasteiger partial charge in [-0.2, -0.15) is 0 Å². The van der Waals surface area contributed by atoms with Gasteiger partial charge in [-0.25, -0.2) is 5.09 Å². The molecule has 1 aliphatic rings. The van der Waals surface area contributed by atoms with E-state index in [1.54, 1.807) is 0 Å². The van der Waals surface area contributed by atoms with Gasteiger partial charge in [0, 0.05) is 11.6 Å². The van der Waals surface area contributed by atoms with Crippen LogP contribution in [0.2, 0.25) is 0 Å². The Morgan fingerprint density at radius 1 is 1.40 bits per heavy atom. The zero-order valence-corrected chi connectivity index (χ0v) is 14.2. The number of nitrogens with one attached hydrogen (secondary N) is 1. The summed E-state index contributed by atoms with van der Waals surface area (Å²) >= 11 is 5.53. The smallest absolute Gasteiger partial charge is 0.313 e. The molecule has 3 nitrogen and oxygen atoms in total. The topological polar surface area (TPSA) is 30.5 Å². The van der Waals surface area contributed by atoms with E-state index in [1.165, 1.54) is 18.4 Å². The quantitative estimate of drug-likeness (QED) is 0.780. The van der Waals surface area contributed by atoms with Crippen molar-refractivity contribution in [3.05, 3.63) is 29.3 Å². The van der Waals surface area contributed by atoms with Gasteiger partial charge in [0.1, 0.15) is 5.75 Å². The van der Waals surface area contributed by atoms with E-state index in [9.17, 15) is 0 Å². The van der Waals surface area contributed by atoms with Crippen molar-refractivity contribution in [3.8, 4) is 5.75 Å². The molecule has 0 amide bonds. The number of hydrogen-bond acceptors (Lipinski definition) is 3. The van der Waals surface area contributed by atoms with Crippen LogP contribution in [-0.2, 0) is 29.4 Å². The Bertz CT molecular complexity index is 507. The summed E-state index contributed by atoms with van der Waals surface area (Å²) in [5.74, 6) is 0.885. The van der Waals surface area contributed by atoms with Crippen molar-refractivity contribution < 1.29 is 9.05 Å². The maximum atomic E-state index is 5.94. The van der Waals surface area contributed by atoms with Crippen LogP contribution in [-0.4, -0.2) is 6.04 Å². The largest absolute Gasteiger partial charge is 0.432 e. The van der Waals surface area contributed by atoms with Gasteiger partial charge >= 0.3 is 6.64 Å². The Balaban J connectivity index is 2.09. The van der Waals surface area contributed by atoms with Crippen LogP contribution in [0.4, 0.5) is 0 Å². The highest BCUT2D eigenvalue weighted by atomic mass is 32.5. The molecular weight excluding hydrogens is 289 g/mol. The molecule has 2 unspecified atom stereocenters. The van der Waals surface area contributed by atoms with Gasteiger partial charge in [0.05, 0.1) is 6.61 Å². The first-order valence-corrected chi connectivity index (χ1v) is 10.0. The van der Waals surface area contributed by atoms with Crippen LogP contribution in [0.3, 0.4) is 0 Å². The van der Waals surface area contributed by atoms with Crippen molar-refractivity contribution in [1.82, 2.24) is 5.09 Å². The fourth-order valence-electron chi connectivity index (χ4n) is 2.11. The minimum atomic E-state index is -2.37. The van der Waals surface area contributed by atoms with Gasteiger partial charge in [0.25, 0.3) is 0 Å². The standard InChI is InChI=1S/C15H24NO2PS/c1-4-6-7-13-8-9-15-14(10-13)11-17-19(20,18-15)16-12(3)5-2/h8-10,12H,4-7,11H2,1-3H3,(H,16,20). The monoisotopic (exact) mass is 313 g/mol. The Morgan fingerprint density at radius 3 is 2.90 bits per heavy atom. The number of hydrogen-bond donors (Lipinski definition) is 1. The second-order valence-electron chi connectivity index (χ2n) is 5.35. The van der Waals surface area contributed by atoms with Crippen LogP contribution in [0.1, 0.15) is 51.2 Å². The van der Waals surface area contributed by atoms with Gasteiger partial charge in [-0.15, -0.1) is 0 Å². The summed E-state index contributed by atoms with van der Waals surface area (Å²) in [5, 5.41) is 3.32. The van der Waals surface area contributed by atoms with E-state index < -0.39 is 6.64 Å². The Labute approximate surface area is 127 Å². The SMILES string of the molecule is CCCCc1ccc2c(c1)COP(=S)(NC(C)CC)O2. The van der Waals surface area contributed by atoms with Gasteiger partial charge in [-0.3, -0.25) is 0 Å². The molecule has 1 aromatic rings. The fraction of sp³-hybridized carbons (Fsp3) is 0.600. The molecule has 1 heterocycles. The third-order valence-corrected chi connectivity index (χ3v) is 6.06. The summed E-state index contributed by atoms with van der Waals surface area (Å²) in [5.41, 5.74) is 2.47. The lowest BCUT2D eigenvalue weighted by Crippen LogP contribution is -2.27. The predicted octanol–water partition coefficient (Wildman–Crippen LogP) is 4.55. The highest BCUT2D eigenvalue weighted by Gasteiger charge is 2.28. The Hall–Kier alpha value is -0.410. The summed E-state index contributed by atoms with van der Waals surface area (Å²) in [6.45, 7) is 4.61. The minimum absolute atomic E-state index is 0.311. The summed E-state index contributed by atoms with van der Waals surface area (Å²) in [4.78, 5) is 0. The first kappa shape index (κ1) is 16.0. The third-order valence-electron chi connectivity index (χ3n) is 3.54. The fourth-order valence-corrected chi connectivity index (χ4v) is 4.69. The molecule has 0 spiro atoms. The van der Waals surface area contributed by atoms with Crippen molar-refractivity contribution in [2.75, 3.05) is 0 Å². The van der Waals surface area contributed by atoms with Crippen molar-refractivity contribution >= 4 is 18.4 Å². The van der Waals surface area contributed by atoms with E-state index in [2.05, 4.69) is 38.0 Å². The molecule has 2 atom stereocenters. The number of unbranched alkanes of at least 4 members (excludes halogenated alkanes) is 1. The van der Waals surface area contributed by atoms with E-state index in [-0.39, 0.29) is 0 Å². The molecule has 0 aromatic heterocycles. The first-order valence-electron chi connectivity index (χ1n) is 7.40. The summed E-state index contributed by atoms with van der Waals surface area (Å²) in [6.07, 6.45) is 4.55. The molecule has 1 aliphatic heterocycles.